The standard InChI is InChI=1S/2C10H15.2CH3.Zr/c2*1-3-4-7-10-8-5-6-9(10)2;;;/h2*8H,3-5,7H2,1-2H3;2*1H3;. The van der Waals surface area contributed by atoms with E-state index in [9.17, 15) is 0 Å². The summed E-state index contributed by atoms with van der Waals surface area (Å²) in [5.41, 5.74) is 6.70. The molecule has 0 aromatic carbocycles. The number of rotatable bonds is 8. The maximum atomic E-state index is 2.67. The van der Waals surface area contributed by atoms with Gasteiger partial charge in [0.2, 0.25) is 0 Å². The van der Waals surface area contributed by atoms with Gasteiger partial charge in [-0.15, -0.1) is 0 Å². The molecule has 0 N–H and O–H groups in total. The average molecular weight is 392 g/mol. The summed E-state index contributed by atoms with van der Waals surface area (Å²) in [6.07, 6.45) is 15.5. The monoisotopic (exact) mass is 390 g/mol. The Morgan fingerprint density at radius 2 is 1.17 bits per heavy atom. The van der Waals surface area contributed by atoms with Crippen molar-refractivity contribution in [2.24, 2.45) is 0 Å². The first-order chi connectivity index (χ1) is 10.9. The quantitative estimate of drug-likeness (QED) is 0.395. The van der Waals surface area contributed by atoms with Gasteiger partial charge in [0.15, 0.2) is 0 Å². The summed E-state index contributed by atoms with van der Waals surface area (Å²) in [7, 11) is 0. The third kappa shape index (κ3) is 4.09. The first kappa shape index (κ1) is 19.2. The SMILES string of the molecule is CCCCC1=CC[C]([Zr]([CH3])([CH3])[C]2=C(C)C(CCCC)=CC2)=C1C. The third-order valence-corrected chi connectivity index (χ3v) is 16.3. The van der Waals surface area contributed by atoms with E-state index in [-0.39, 0.29) is 0 Å². The minimum atomic E-state index is -2.33. The maximum absolute atomic E-state index is 2.67. The fourth-order valence-corrected chi connectivity index (χ4v) is 13.7. The molecule has 0 radical (unpaired) electrons. The van der Waals surface area contributed by atoms with E-state index in [1.807, 2.05) is 6.56 Å². The number of unbranched alkanes of at least 4 members (excludes halogenated alkanes) is 2. The van der Waals surface area contributed by atoms with Gasteiger partial charge in [-0.1, -0.05) is 0 Å². The molecule has 0 aromatic rings. The summed E-state index contributed by atoms with van der Waals surface area (Å²) in [6, 6.07) is 0. The third-order valence-electron chi connectivity index (χ3n) is 6.08. The summed E-state index contributed by atoms with van der Waals surface area (Å²) in [6.45, 7) is 9.43. The number of hydrogen-bond donors (Lipinski definition) is 0. The van der Waals surface area contributed by atoms with Crippen LogP contribution in [0.25, 0.3) is 0 Å². The Kier molecular flexibility index (Phi) is 6.91. The predicted molar refractivity (Wildman–Crippen MR) is 102 cm³/mol. The molecule has 0 amide bonds. The van der Waals surface area contributed by atoms with Gasteiger partial charge in [0.25, 0.3) is 0 Å². The predicted octanol–water partition coefficient (Wildman–Crippen LogP) is 7.83. The zero-order valence-electron chi connectivity index (χ0n) is 16.3. The Hall–Kier alpha value is -0.157. The van der Waals surface area contributed by atoms with Crippen molar-refractivity contribution in [3.05, 3.63) is 41.0 Å². The van der Waals surface area contributed by atoms with E-state index in [2.05, 4.69) is 49.1 Å². The first-order valence-corrected chi connectivity index (χ1v) is 17.1. The zero-order valence-corrected chi connectivity index (χ0v) is 18.8. The van der Waals surface area contributed by atoms with Crippen molar-refractivity contribution in [3.63, 3.8) is 0 Å². The minimum absolute atomic E-state index is 1.26. The van der Waals surface area contributed by atoms with Crippen LogP contribution in [0.1, 0.15) is 79.1 Å². The molecule has 0 saturated heterocycles. The molecule has 128 valence electrons. The van der Waals surface area contributed by atoms with Gasteiger partial charge in [0.1, 0.15) is 0 Å². The Labute approximate surface area is 149 Å². The number of allylic oxidation sites excluding steroid dienone is 8. The van der Waals surface area contributed by atoms with Gasteiger partial charge in [-0.3, -0.25) is 0 Å². The fraction of sp³-hybridized carbons (Fsp3) is 0.636. The van der Waals surface area contributed by atoms with Gasteiger partial charge in [0, 0.05) is 0 Å². The molecule has 2 rings (SSSR count). The van der Waals surface area contributed by atoms with Crippen LogP contribution in [-0.4, -0.2) is 0 Å². The molecule has 23 heavy (non-hydrogen) atoms. The van der Waals surface area contributed by atoms with Gasteiger partial charge in [-0.25, -0.2) is 0 Å². The molecule has 0 spiro atoms. The van der Waals surface area contributed by atoms with Gasteiger partial charge in [0.05, 0.1) is 0 Å². The van der Waals surface area contributed by atoms with Crippen LogP contribution in [-0.2, 0) is 20.3 Å². The summed E-state index contributed by atoms with van der Waals surface area (Å²) < 4.78 is 9.09. The average Bonchev–Trinajstić information content (AvgIpc) is 3.07. The van der Waals surface area contributed by atoms with Crippen LogP contribution >= 0.6 is 0 Å². The van der Waals surface area contributed by atoms with Crippen molar-refractivity contribution in [1.82, 2.24) is 0 Å². The van der Waals surface area contributed by atoms with Gasteiger partial charge in [-0.2, -0.15) is 0 Å². The molecule has 0 nitrogen and oxygen atoms in total. The Balaban J connectivity index is 2.20. The summed E-state index contributed by atoms with van der Waals surface area (Å²) in [5.74, 6) is 0. The van der Waals surface area contributed by atoms with E-state index in [1.54, 1.807) is 22.3 Å². The van der Waals surface area contributed by atoms with Crippen molar-refractivity contribution in [1.29, 1.82) is 0 Å². The van der Waals surface area contributed by atoms with Crippen molar-refractivity contribution in [2.75, 3.05) is 0 Å². The summed E-state index contributed by atoms with van der Waals surface area (Å²) in [4.78, 5) is 0. The Bertz CT molecular complexity index is 517. The molecule has 0 saturated carbocycles. The van der Waals surface area contributed by atoms with Crippen LogP contribution in [0.2, 0.25) is 9.26 Å². The van der Waals surface area contributed by atoms with Crippen molar-refractivity contribution in [2.45, 2.75) is 88.3 Å². The molecule has 0 atom stereocenters. The Morgan fingerprint density at radius 3 is 1.52 bits per heavy atom. The van der Waals surface area contributed by atoms with Crippen LogP contribution in [0.3, 0.4) is 0 Å². The van der Waals surface area contributed by atoms with Gasteiger partial charge in [-0.05, 0) is 0 Å². The van der Waals surface area contributed by atoms with Crippen molar-refractivity contribution >= 4 is 0 Å². The van der Waals surface area contributed by atoms with Gasteiger partial charge < -0.3 is 0 Å². The zero-order chi connectivity index (χ0) is 17.0. The van der Waals surface area contributed by atoms with E-state index in [0.717, 1.165) is 0 Å². The van der Waals surface area contributed by atoms with E-state index < -0.39 is 20.3 Å². The normalized spacial score (nSPS) is 18.9. The van der Waals surface area contributed by atoms with Crippen LogP contribution in [0.4, 0.5) is 0 Å². The Morgan fingerprint density at radius 1 is 0.783 bits per heavy atom. The van der Waals surface area contributed by atoms with Crippen molar-refractivity contribution in [3.8, 4) is 0 Å². The molecule has 0 heterocycles. The van der Waals surface area contributed by atoms with Crippen LogP contribution in [0, 0.1) is 0 Å². The van der Waals surface area contributed by atoms with E-state index in [4.69, 9.17) is 0 Å². The van der Waals surface area contributed by atoms with Gasteiger partial charge >= 0.3 is 150 Å². The molecule has 0 aromatic heterocycles. The second-order valence-corrected chi connectivity index (χ2v) is 18.9. The molecule has 0 unspecified atom stereocenters. The summed E-state index contributed by atoms with van der Waals surface area (Å²) in [5, 5.41) is 0. The second kappa shape index (κ2) is 8.29. The molecule has 1 heteroatoms. The fourth-order valence-electron chi connectivity index (χ4n) is 4.39. The molecule has 0 bridgehead atoms. The molecular formula is C22H36Zr. The molecular weight excluding hydrogens is 355 g/mol. The van der Waals surface area contributed by atoms with Crippen molar-refractivity contribution < 1.29 is 20.3 Å². The van der Waals surface area contributed by atoms with Crippen LogP contribution in [0.5, 0.6) is 0 Å². The first-order valence-electron chi connectivity index (χ1n) is 9.72. The van der Waals surface area contributed by atoms with Crippen LogP contribution in [0.15, 0.2) is 41.0 Å². The van der Waals surface area contributed by atoms with E-state index in [0.29, 0.717) is 0 Å². The molecule has 2 aliphatic carbocycles. The van der Waals surface area contributed by atoms with E-state index >= 15 is 0 Å². The topological polar surface area (TPSA) is 0 Å². The number of hydrogen-bond acceptors (Lipinski definition) is 0. The molecule has 0 aliphatic heterocycles. The van der Waals surface area contributed by atoms with E-state index in [1.165, 1.54) is 51.4 Å². The second-order valence-electron chi connectivity index (χ2n) is 7.91. The molecule has 0 fully saturated rings. The van der Waals surface area contributed by atoms with Crippen LogP contribution < -0.4 is 0 Å². The molecule has 2 aliphatic rings. The summed E-state index contributed by atoms with van der Waals surface area (Å²) >= 11 is -2.33.